The molecule has 1 aromatic carbocycles. The van der Waals surface area contributed by atoms with Crippen LogP contribution >= 0.6 is 0 Å². The molecule has 0 spiro atoms. The van der Waals surface area contributed by atoms with E-state index in [1.54, 1.807) is 0 Å². The van der Waals surface area contributed by atoms with Crippen molar-refractivity contribution in [2.45, 2.75) is 50.2 Å². The molecule has 1 saturated carbocycles. The maximum absolute atomic E-state index is 12.8. The number of urea groups is 1. The van der Waals surface area contributed by atoms with Gasteiger partial charge in [-0.3, -0.25) is 4.90 Å². The van der Waals surface area contributed by atoms with Crippen molar-refractivity contribution in [1.29, 1.82) is 0 Å². The van der Waals surface area contributed by atoms with Crippen LogP contribution in [0.25, 0.3) is 0 Å². The predicted molar refractivity (Wildman–Crippen MR) is 106 cm³/mol. The topological polar surface area (TPSA) is 79.2 Å². The minimum absolute atomic E-state index is 0.0348. The summed E-state index contributed by atoms with van der Waals surface area (Å²) in [7, 11) is 4.11. The van der Waals surface area contributed by atoms with Crippen LogP contribution in [-0.2, 0) is 12.1 Å². The van der Waals surface area contributed by atoms with Crippen molar-refractivity contribution in [2.24, 2.45) is 0 Å². The Morgan fingerprint density at radius 3 is 2.71 bits per heavy atom. The molecular formula is C20H29N7O. The highest BCUT2D eigenvalue weighted by molar-refractivity contribution is 5.74. The number of amides is 2. The van der Waals surface area contributed by atoms with Crippen LogP contribution in [0.15, 0.2) is 30.3 Å². The first-order valence-corrected chi connectivity index (χ1v) is 10.1. The molecule has 1 N–H and O–H groups in total. The van der Waals surface area contributed by atoms with Gasteiger partial charge in [0, 0.05) is 19.6 Å². The van der Waals surface area contributed by atoms with Crippen LogP contribution in [0.1, 0.15) is 49.5 Å². The van der Waals surface area contributed by atoms with Gasteiger partial charge in [0.15, 0.2) is 5.82 Å². The summed E-state index contributed by atoms with van der Waals surface area (Å²) in [6.07, 6.45) is 5.54. The molecule has 2 aliphatic rings. The van der Waals surface area contributed by atoms with Crippen molar-refractivity contribution < 1.29 is 4.79 Å². The van der Waals surface area contributed by atoms with Gasteiger partial charge in [0.1, 0.15) is 5.54 Å². The summed E-state index contributed by atoms with van der Waals surface area (Å²) in [5.74, 6) is 0.891. The van der Waals surface area contributed by atoms with E-state index in [0.717, 1.165) is 30.7 Å². The average Bonchev–Trinajstić information content (AvgIpc) is 3.46. The Morgan fingerprint density at radius 1 is 1.25 bits per heavy atom. The molecule has 2 heterocycles. The number of hydrogen-bond acceptors (Lipinski definition) is 5. The summed E-state index contributed by atoms with van der Waals surface area (Å²) in [6, 6.07) is 10.3. The lowest BCUT2D eigenvalue weighted by atomic mass is 9.95. The summed E-state index contributed by atoms with van der Waals surface area (Å²) in [5.41, 5.74) is 0.745. The molecule has 1 saturated heterocycles. The lowest BCUT2D eigenvalue weighted by Crippen LogP contribution is -2.48. The van der Waals surface area contributed by atoms with Crippen molar-refractivity contribution >= 4 is 6.03 Å². The Kier molecular flexibility index (Phi) is 5.30. The van der Waals surface area contributed by atoms with Crippen molar-refractivity contribution in [3.8, 4) is 0 Å². The number of rotatable bonds is 5. The Balaban J connectivity index is 1.49. The van der Waals surface area contributed by atoms with Gasteiger partial charge in [0.2, 0.25) is 0 Å². The predicted octanol–water partition coefficient (Wildman–Crippen LogP) is 2.16. The molecule has 2 amide bonds. The third kappa shape index (κ3) is 3.48. The SMILES string of the molecule is CN(C)C1(c2nnnn2C2CCCC2)CCN(C(=O)NCc2ccccc2)C1. The van der Waals surface area contributed by atoms with Gasteiger partial charge in [-0.15, -0.1) is 5.10 Å². The molecule has 0 radical (unpaired) electrons. The van der Waals surface area contributed by atoms with Gasteiger partial charge in [-0.1, -0.05) is 43.2 Å². The van der Waals surface area contributed by atoms with Crippen LogP contribution in [0.5, 0.6) is 0 Å². The Morgan fingerprint density at radius 2 is 2.00 bits per heavy atom. The largest absolute Gasteiger partial charge is 0.334 e. The third-order valence-electron chi connectivity index (χ3n) is 6.26. The van der Waals surface area contributed by atoms with E-state index >= 15 is 0 Å². The molecule has 2 aromatic rings. The van der Waals surface area contributed by atoms with E-state index in [9.17, 15) is 4.79 Å². The molecule has 0 bridgehead atoms. The third-order valence-corrected chi connectivity index (χ3v) is 6.26. The Bertz CT molecular complexity index is 800. The summed E-state index contributed by atoms with van der Waals surface area (Å²) in [5, 5.41) is 15.8. The standard InChI is InChI=1S/C20H29N7O/c1-25(2)20(18-22-23-24-27(18)17-10-6-7-11-17)12-13-26(15-20)19(28)21-14-16-8-4-3-5-9-16/h3-5,8-9,17H,6-7,10-15H2,1-2H3,(H,21,28). The molecule has 2 fully saturated rings. The molecule has 28 heavy (non-hydrogen) atoms. The number of aromatic nitrogens is 4. The quantitative estimate of drug-likeness (QED) is 0.856. The van der Waals surface area contributed by atoms with Crippen LogP contribution in [0.4, 0.5) is 4.79 Å². The highest BCUT2D eigenvalue weighted by Gasteiger charge is 2.48. The summed E-state index contributed by atoms with van der Waals surface area (Å²) in [6.45, 7) is 1.81. The highest BCUT2D eigenvalue weighted by Crippen LogP contribution is 2.38. The summed E-state index contributed by atoms with van der Waals surface area (Å²) < 4.78 is 2.03. The number of carbonyl (C=O) groups excluding carboxylic acids is 1. The second-order valence-electron chi connectivity index (χ2n) is 8.13. The number of carbonyl (C=O) groups is 1. The number of benzene rings is 1. The van der Waals surface area contributed by atoms with Crippen LogP contribution in [0, 0.1) is 0 Å². The van der Waals surface area contributed by atoms with E-state index in [4.69, 9.17) is 0 Å². The van der Waals surface area contributed by atoms with E-state index in [2.05, 4.69) is 39.8 Å². The zero-order valence-electron chi connectivity index (χ0n) is 16.7. The number of likely N-dealkylation sites (N-methyl/N-ethyl adjacent to an activating group) is 1. The number of nitrogens with zero attached hydrogens (tertiary/aromatic N) is 6. The number of tetrazole rings is 1. The van der Waals surface area contributed by atoms with Crippen molar-refractivity contribution in [3.63, 3.8) is 0 Å². The van der Waals surface area contributed by atoms with E-state index in [0.29, 0.717) is 25.7 Å². The highest BCUT2D eigenvalue weighted by atomic mass is 16.2. The monoisotopic (exact) mass is 383 g/mol. The second-order valence-corrected chi connectivity index (χ2v) is 8.13. The van der Waals surface area contributed by atoms with Gasteiger partial charge in [-0.05, 0) is 49.3 Å². The first kappa shape index (κ1) is 18.9. The average molecular weight is 384 g/mol. The maximum atomic E-state index is 12.8. The number of likely N-dealkylation sites (tertiary alicyclic amines) is 1. The van der Waals surface area contributed by atoms with E-state index < -0.39 is 0 Å². The first-order valence-electron chi connectivity index (χ1n) is 10.1. The number of hydrogen-bond donors (Lipinski definition) is 1. The van der Waals surface area contributed by atoms with Crippen LogP contribution in [-0.4, -0.2) is 63.2 Å². The van der Waals surface area contributed by atoms with Crippen molar-refractivity contribution in [3.05, 3.63) is 41.7 Å². The lowest BCUT2D eigenvalue weighted by molar-refractivity contribution is 0.135. The normalized spacial score (nSPS) is 22.9. The lowest BCUT2D eigenvalue weighted by Gasteiger charge is -2.35. The molecule has 1 atom stereocenters. The molecular weight excluding hydrogens is 354 g/mol. The maximum Gasteiger partial charge on any atom is 0.317 e. The fraction of sp³-hybridized carbons (Fsp3) is 0.600. The van der Waals surface area contributed by atoms with E-state index in [-0.39, 0.29) is 11.6 Å². The van der Waals surface area contributed by atoms with Gasteiger partial charge >= 0.3 is 6.03 Å². The van der Waals surface area contributed by atoms with Crippen LogP contribution in [0.3, 0.4) is 0 Å². The van der Waals surface area contributed by atoms with Gasteiger partial charge in [-0.2, -0.15) is 0 Å². The zero-order chi connectivity index (χ0) is 19.6. The van der Waals surface area contributed by atoms with E-state index in [1.165, 1.54) is 12.8 Å². The minimum atomic E-state index is -0.351. The van der Waals surface area contributed by atoms with Crippen LogP contribution in [0.2, 0.25) is 0 Å². The van der Waals surface area contributed by atoms with Gasteiger partial charge in [0.25, 0.3) is 0 Å². The first-order chi connectivity index (χ1) is 13.6. The van der Waals surface area contributed by atoms with E-state index in [1.807, 2.05) is 39.9 Å². The zero-order valence-corrected chi connectivity index (χ0v) is 16.7. The second kappa shape index (κ2) is 7.87. The summed E-state index contributed by atoms with van der Waals surface area (Å²) in [4.78, 5) is 16.8. The summed E-state index contributed by atoms with van der Waals surface area (Å²) >= 11 is 0. The van der Waals surface area contributed by atoms with Gasteiger partial charge in [-0.25, -0.2) is 9.48 Å². The molecule has 1 aromatic heterocycles. The molecule has 1 unspecified atom stereocenters. The van der Waals surface area contributed by atoms with Crippen LogP contribution < -0.4 is 5.32 Å². The fourth-order valence-corrected chi connectivity index (χ4v) is 4.49. The minimum Gasteiger partial charge on any atom is -0.334 e. The molecule has 8 nitrogen and oxygen atoms in total. The van der Waals surface area contributed by atoms with Crippen molar-refractivity contribution in [1.82, 2.24) is 35.3 Å². The number of nitrogens with one attached hydrogen (secondary N) is 1. The molecule has 4 rings (SSSR count). The van der Waals surface area contributed by atoms with Gasteiger partial charge < -0.3 is 10.2 Å². The Hall–Kier alpha value is -2.48. The van der Waals surface area contributed by atoms with Gasteiger partial charge in [0.05, 0.1) is 6.04 Å². The molecule has 8 heteroatoms. The fourth-order valence-electron chi connectivity index (χ4n) is 4.49. The molecule has 1 aliphatic carbocycles. The Labute approximate surface area is 165 Å². The molecule has 1 aliphatic heterocycles. The smallest absolute Gasteiger partial charge is 0.317 e. The molecule has 150 valence electrons. The van der Waals surface area contributed by atoms with Crippen molar-refractivity contribution in [2.75, 3.05) is 27.2 Å².